The lowest BCUT2D eigenvalue weighted by molar-refractivity contribution is 0.478. The molecule has 1 aromatic heterocycles. The first-order chi connectivity index (χ1) is 8.08. The van der Waals surface area contributed by atoms with Gasteiger partial charge in [-0.2, -0.15) is 0 Å². The van der Waals surface area contributed by atoms with Gasteiger partial charge in [-0.15, -0.1) is 0 Å². The summed E-state index contributed by atoms with van der Waals surface area (Å²) in [5, 5.41) is 0.131. The topological polar surface area (TPSA) is 20.7 Å². The van der Waals surface area contributed by atoms with Crippen LogP contribution in [-0.4, -0.2) is 9.55 Å². The van der Waals surface area contributed by atoms with Crippen molar-refractivity contribution in [2.45, 2.75) is 32.7 Å². The third-order valence-corrected chi connectivity index (χ3v) is 3.65. The first-order valence-electron chi connectivity index (χ1n) is 5.67. The molecule has 17 heavy (non-hydrogen) atoms. The van der Waals surface area contributed by atoms with Crippen LogP contribution in [-0.2, 0) is 0 Å². The molecule has 0 saturated heterocycles. The van der Waals surface area contributed by atoms with Crippen LogP contribution in [0.1, 0.15) is 32.7 Å². The van der Waals surface area contributed by atoms with Crippen molar-refractivity contribution in [3.8, 4) is 0 Å². The van der Waals surface area contributed by atoms with Gasteiger partial charge in [0, 0.05) is 12.1 Å². The average molecular weight is 273 g/mol. The van der Waals surface area contributed by atoms with Crippen LogP contribution < -0.4 is 0 Å². The number of hydrogen-bond donors (Lipinski definition) is 1. The summed E-state index contributed by atoms with van der Waals surface area (Å²) in [7, 11) is 0. The summed E-state index contributed by atoms with van der Waals surface area (Å²) in [6, 6.07) is 3.35. The van der Waals surface area contributed by atoms with Crippen molar-refractivity contribution in [1.29, 1.82) is 0 Å². The van der Waals surface area contributed by atoms with Gasteiger partial charge in [-0.25, -0.2) is 4.39 Å². The second-order valence-electron chi connectivity index (χ2n) is 4.05. The Bertz CT molecular complexity index is 598. The van der Waals surface area contributed by atoms with Crippen LogP contribution >= 0.6 is 23.8 Å². The number of H-pyrrole nitrogens is 1. The predicted octanol–water partition coefficient (Wildman–Crippen LogP) is 4.85. The molecule has 92 valence electrons. The first kappa shape index (κ1) is 12.6. The van der Waals surface area contributed by atoms with Gasteiger partial charge in [0.25, 0.3) is 0 Å². The van der Waals surface area contributed by atoms with Crippen molar-refractivity contribution in [2.75, 3.05) is 0 Å². The quantitative estimate of drug-likeness (QED) is 0.792. The highest BCUT2D eigenvalue weighted by molar-refractivity contribution is 7.71. The van der Waals surface area contributed by atoms with Gasteiger partial charge in [0.1, 0.15) is 5.82 Å². The van der Waals surface area contributed by atoms with Crippen LogP contribution in [0.4, 0.5) is 4.39 Å². The van der Waals surface area contributed by atoms with E-state index in [1.807, 2.05) is 4.57 Å². The van der Waals surface area contributed by atoms with E-state index >= 15 is 0 Å². The molecule has 1 heterocycles. The van der Waals surface area contributed by atoms with Gasteiger partial charge in [-0.3, -0.25) is 0 Å². The number of fused-ring (bicyclic) bond motifs is 1. The molecule has 0 saturated carbocycles. The number of imidazole rings is 1. The molecule has 0 aliphatic rings. The molecule has 2 nitrogen and oxygen atoms in total. The highest BCUT2D eigenvalue weighted by Gasteiger charge is 2.14. The molecule has 0 radical (unpaired) electrons. The van der Waals surface area contributed by atoms with Gasteiger partial charge in [0.05, 0.1) is 16.1 Å². The fraction of sp³-hybridized carbons (Fsp3) is 0.417. The van der Waals surface area contributed by atoms with Crippen LogP contribution in [0.3, 0.4) is 0 Å². The lowest BCUT2D eigenvalue weighted by Crippen LogP contribution is -2.06. The number of nitrogens with zero attached hydrogens (tertiary/aromatic N) is 1. The van der Waals surface area contributed by atoms with Gasteiger partial charge in [0.15, 0.2) is 4.77 Å². The third kappa shape index (κ3) is 2.11. The van der Waals surface area contributed by atoms with Crippen molar-refractivity contribution >= 4 is 34.9 Å². The zero-order valence-corrected chi connectivity index (χ0v) is 11.3. The summed E-state index contributed by atoms with van der Waals surface area (Å²) < 4.78 is 16.0. The highest BCUT2D eigenvalue weighted by atomic mass is 35.5. The lowest BCUT2D eigenvalue weighted by Gasteiger charge is -2.15. The van der Waals surface area contributed by atoms with Crippen molar-refractivity contribution in [3.63, 3.8) is 0 Å². The van der Waals surface area contributed by atoms with Crippen LogP contribution in [0.15, 0.2) is 12.1 Å². The van der Waals surface area contributed by atoms with Crippen LogP contribution in [0, 0.1) is 10.6 Å². The van der Waals surface area contributed by atoms with E-state index in [4.69, 9.17) is 23.8 Å². The minimum Gasteiger partial charge on any atom is -0.330 e. The summed E-state index contributed by atoms with van der Waals surface area (Å²) in [5.41, 5.74) is 1.57. The Morgan fingerprint density at radius 1 is 1.41 bits per heavy atom. The van der Waals surface area contributed by atoms with E-state index in [9.17, 15) is 4.39 Å². The molecule has 0 aliphatic heterocycles. The number of aromatic amines is 1. The Balaban J connectivity index is 2.74. The largest absolute Gasteiger partial charge is 0.330 e. The maximum Gasteiger partial charge on any atom is 0.178 e. The standard InChI is InChI=1S/C12H14ClFN2S/c1-3-7(4-2)16-11-5-8(13)9(14)6-10(11)15-12(16)17/h5-7H,3-4H2,1-2H3,(H,15,17). The van der Waals surface area contributed by atoms with E-state index < -0.39 is 5.82 Å². The predicted molar refractivity (Wildman–Crippen MR) is 71.7 cm³/mol. The average Bonchev–Trinajstić information content (AvgIpc) is 2.59. The molecule has 0 unspecified atom stereocenters. The molecule has 0 atom stereocenters. The number of benzene rings is 1. The van der Waals surface area contributed by atoms with Crippen molar-refractivity contribution in [3.05, 3.63) is 27.7 Å². The zero-order valence-electron chi connectivity index (χ0n) is 9.76. The van der Waals surface area contributed by atoms with Gasteiger partial charge >= 0.3 is 0 Å². The van der Waals surface area contributed by atoms with Gasteiger partial charge < -0.3 is 9.55 Å². The normalized spacial score (nSPS) is 11.6. The molecule has 0 aliphatic carbocycles. The minimum absolute atomic E-state index is 0.131. The number of nitrogens with one attached hydrogen (secondary N) is 1. The fourth-order valence-electron chi connectivity index (χ4n) is 2.14. The highest BCUT2D eigenvalue weighted by Crippen LogP contribution is 2.27. The zero-order chi connectivity index (χ0) is 12.6. The van der Waals surface area contributed by atoms with Crippen molar-refractivity contribution in [1.82, 2.24) is 9.55 Å². The van der Waals surface area contributed by atoms with Crippen LogP contribution in [0.5, 0.6) is 0 Å². The van der Waals surface area contributed by atoms with E-state index in [0.29, 0.717) is 16.3 Å². The Hall–Kier alpha value is -0.870. The molecule has 1 aromatic carbocycles. The Labute approximate surface area is 109 Å². The van der Waals surface area contributed by atoms with E-state index in [1.165, 1.54) is 6.07 Å². The molecule has 0 bridgehead atoms. The van der Waals surface area contributed by atoms with Gasteiger partial charge in [0.2, 0.25) is 0 Å². The molecule has 0 spiro atoms. The van der Waals surface area contributed by atoms with Gasteiger partial charge in [-0.1, -0.05) is 25.4 Å². The lowest BCUT2D eigenvalue weighted by atomic mass is 10.1. The van der Waals surface area contributed by atoms with E-state index in [-0.39, 0.29) is 5.02 Å². The Morgan fingerprint density at radius 2 is 2.06 bits per heavy atom. The monoisotopic (exact) mass is 272 g/mol. The molecule has 0 amide bonds. The Morgan fingerprint density at radius 3 is 2.65 bits per heavy atom. The summed E-state index contributed by atoms with van der Waals surface area (Å²) in [4.78, 5) is 3.02. The molecule has 5 heteroatoms. The molecular formula is C12H14ClFN2S. The van der Waals surface area contributed by atoms with Crippen LogP contribution in [0.25, 0.3) is 11.0 Å². The second kappa shape index (κ2) is 4.78. The summed E-state index contributed by atoms with van der Waals surface area (Å²) in [6.45, 7) is 4.22. The maximum atomic E-state index is 13.4. The van der Waals surface area contributed by atoms with E-state index in [1.54, 1.807) is 6.07 Å². The molecule has 0 fully saturated rings. The fourth-order valence-corrected chi connectivity index (χ4v) is 2.65. The van der Waals surface area contributed by atoms with Gasteiger partial charge in [-0.05, 0) is 31.1 Å². The smallest absolute Gasteiger partial charge is 0.178 e. The summed E-state index contributed by atoms with van der Waals surface area (Å²) in [6.07, 6.45) is 1.96. The maximum absolute atomic E-state index is 13.4. The van der Waals surface area contributed by atoms with E-state index in [2.05, 4.69) is 18.8 Å². The van der Waals surface area contributed by atoms with E-state index in [0.717, 1.165) is 18.4 Å². The summed E-state index contributed by atoms with van der Waals surface area (Å²) in [5.74, 6) is -0.424. The van der Waals surface area contributed by atoms with Crippen LogP contribution in [0.2, 0.25) is 5.02 Å². The molecule has 2 aromatic rings. The molecule has 2 rings (SSSR count). The number of hydrogen-bond acceptors (Lipinski definition) is 1. The first-order valence-corrected chi connectivity index (χ1v) is 6.46. The number of halogens is 2. The third-order valence-electron chi connectivity index (χ3n) is 3.07. The van der Waals surface area contributed by atoms with Crippen molar-refractivity contribution < 1.29 is 4.39 Å². The second-order valence-corrected chi connectivity index (χ2v) is 4.85. The molecular weight excluding hydrogens is 259 g/mol. The SMILES string of the molecule is CCC(CC)n1c(=S)[nH]c2cc(F)c(Cl)cc21. The van der Waals surface area contributed by atoms with Crippen molar-refractivity contribution in [2.24, 2.45) is 0 Å². The number of aromatic nitrogens is 2. The minimum atomic E-state index is -0.424. The molecule has 1 N–H and O–H groups in total. The summed E-state index contributed by atoms with van der Waals surface area (Å²) >= 11 is 11.1. The Kier molecular flexibility index (Phi) is 3.54. The number of rotatable bonds is 3.